The van der Waals surface area contributed by atoms with E-state index in [1.54, 1.807) is 85.9 Å². The van der Waals surface area contributed by atoms with Gasteiger partial charge in [0.2, 0.25) is 0 Å². The number of rotatable bonds is 9. The Bertz CT molecular complexity index is 3760. The van der Waals surface area contributed by atoms with E-state index in [2.05, 4.69) is 46.3 Å². The van der Waals surface area contributed by atoms with Crippen molar-refractivity contribution in [2.75, 3.05) is 17.7 Å². The molecule has 0 bridgehead atoms. The summed E-state index contributed by atoms with van der Waals surface area (Å²) in [7, 11) is 1.47. The molecule has 0 aliphatic rings. The molecular formula is C49H31BrCl4FN11O5S2. The molecule has 0 atom stereocenters. The van der Waals surface area contributed by atoms with Gasteiger partial charge in [-0.25, -0.2) is 23.4 Å². The Morgan fingerprint density at radius 3 is 2.30 bits per heavy atom. The molecule has 0 unspecified atom stereocenters. The lowest BCUT2D eigenvalue weighted by atomic mass is 10.0. The first kappa shape index (κ1) is 53.3. The highest BCUT2D eigenvalue weighted by molar-refractivity contribution is 9.10. The Morgan fingerprint density at radius 1 is 0.890 bits per heavy atom. The standard InChI is InChI=1S/C19H14BrClN6O2.C19H12ClFN2O2S.C11H5Cl2N3OS/c1-10-6-11(9-22)7-12(18(28)23-2)16(10)25-19(29)14-8-15(20)26-27(14)17-13(21)4-3-5-24-17;20-15-9-8-12(26-15)11-23-16-7-3-4-10-22(16)18(24)17(19(23)25)13-5-1-2-6-14(13)21;12-8-9(18-16-10(8)13)11(17)15-7-4-2-1-3-6(7)5-14/h3-8H,1-2H3,(H,23,28)(H,25,29);1-10H,11H2;1-4H,(H,15,17). The molecule has 3 N–H and O–H groups in total. The Hall–Kier alpha value is -7.53. The number of aryl methyl sites for hydroxylation is 1. The van der Waals surface area contributed by atoms with Crippen molar-refractivity contribution in [3.05, 3.63) is 200 Å². The van der Waals surface area contributed by atoms with Crippen molar-refractivity contribution in [3.8, 4) is 35.0 Å². The number of carbonyl (C=O) groups is 3. The number of anilines is 2. The summed E-state index contributed by atoms with van der Waals surface area (Å²) in [6, 6.07) is 33.0. The molecule has 0 spiro atoms. The number of aromatic nitrogens is 6. The molecule has 9 aromatic rings. The molecule has 73 heavy (non-hydrogen) atoms. The molecule has 0 aliphatic carbocycles. The van der Waals surface area contributed by atoms with Gasteiger partial charge in [-0.05, 0) is 101 Å². The third-order valence-corrected chi connectivity index (χ3v) is 13.9. The van der Waals surface area contributed by atoms with E-state index < -0.39 is 35.0 Å². The topological polar surface area (TPSA) is 227 Å². The molecule has 6 heterocycles. The zero-order valence-electron chi connectivity index (χ0n) is 37.5. The van der Waals surface area contributed by atoms with E-state index in [9.17, 15) is 33.9 Å². The lowest BCUT2D eigenvalue weighted by Gasteiger charge is -2.17. The monoisotopic (exact) mass is 1150 g/mol. The minimum absolute atomic E-state index is 0.00119. The number of para-hydroxylation sites is 1. The largest absolute Gasteiger partial charge is 0.842 e. The van der Waals surface area contributed by atoms with Crippen molar-refractivity contribution in [2.24, 2.45) is 0 Å². The summed E-state index contributed by atoms with van der Waals surface area (Å²) < 4.78 is 23.2. The molecule has 0 saturated heterocycles. The van der Waals surface area contributed by atoms with Crippen LogP contribution in [0, 0.1) is 35.4 Å². The number of hydrogen-bond acceptors (Lipinski definition) is 12. The van der Waals surface area contributed by atoms with Crippen molar-refractivity contribution in [3.63, 3.8) is 0 Å². The van der Waals surface area contributed by atoms with Crippen LogP contribution in [0.4, 0.5) is 15.8 Å². The number of amides is 3. The third-order valence-electron chi connectivity index (χ3n) is 10.2. The fourth-order valence-corrected chi connectivity index (χ4v) is 9.67. The second-order valence-corrected chi connectivity index (χ2v) is 19.4. The summed E-state index contributed by atoms with van der Waals surface area (Å²) in [4.78, 5) is 55.4. The van der Waals surface area contributed by atoms with Crippen LogP contribution in [-0.2, 0) is 6.54 Å². The van der Waals surface area contributed by atoms with Crippen LogP contribution in [-0.4, -0.2) is 48.3 Å². The maximum Gasteiger partial charge on any atom is 0.349 e. The van der Waals surface area contributed by atoms with Crippen molar-refractivity contribution < 1.29 is 28.4 Å². The Kier molecular flexibility index (Phi) is 17.4. The predicted molar refractivity (Wildman–Crippen MR) is 280 cm³/mol. The number of hydrogen-bond donors (Lipinski definition) is 3. The van der Waals surface area contributed by atoms with E-state index in [-0.39, 0.29) is 49.8 Å². The van der Waals surface area contributed by atoms with Gasteiger partial charge in [0.1, 0.15) is 44.2 Å². The fraction of sp³-hybridized carbons (Fsp3) is 0.0612. The molecule has 0 fully saturated rings. The SMILES string of the molecule is CNC(=O)c1cc(C#N)cc(C)c1NC(=O)c1cc(Br)nn1-c1ncccc1Cl.N#Cc1ccccc1NC(=O)c1snc(Cl)c1Cl.O=c1c(-c2ccccc2F)c([O-])[n+](Cc2ccc(Cl)s2)c2ccccn12. The summed E-state index contributed by atoms with van der Waals surface area (Å²) in [6.45, 7) is 1.94. The normalized spacial score (nSPS) is 10.5. The summed E-state index contributed by atoms with van der Waals surface area (Å²) in [5.74, 6) is -2.25. The van der Waals surface area contributed by atoms with E-state index >= 15 is 0 Å². The second-order valence-electron chi connectivity index (χ2n) is 14.8. The average Bonchev–Trinajstić information content (AvgIpc) is 4.10. The first-order valence-electron chi connectivity index (χ1n) is 20.8. The quantitative estimate of drug-likeness (QED) is 0.116. The minimum Gasteiger partial charge on any atom is -0.842 e. The first-order chi connectivity index (χ1) is 35.0. The zero-order valence-corrected chi connectivity index (χ0v) is 43.7. The lowest BCUT2D eigenvalue weighted by molar-refractivity contribution is -0.707. The van der Waals surface area contributed by atoms with Gasteiger partial charge in [0.05, 0.1) is 55.6 Å². The van der Waals surface area contributed by atoms with Gasteiger partial charge < -0.3 is 21.1 Å². The number of fused-ring (bicyclic) bond motifs is 1. The third kappa shape index (κ3) is 12.1. The highest BCUT2D eigenvalue weighted by Gasteiger charge is 2.25. The zero-order chi connectivity index (χ0) is 52.5. The number of nitrogens with zero attached hydrogens (tertiary/aromatic N) is 8. The van der Waals surface area contributed by atoms with Crippen LogP contribution in [0.2, 0.25) is 19.5 Å². The van der Waals surface area contributed by atoms with Gasteiger partial charge in [-0.1, -0.05) is 82.8 Å². The molecule has 6 aromatic heterocycles. The van der Waals surface area contributed by atoms with Crippen molar-refractivity contribution in [1.29, 1.82) is 10.5 Å². The summed E-state index contributed by atoms with van der Waals surface area (Å²) in [6.07, 6.45) is 3.10. The van der Waals surface area contributed by atoms with E-state index in [1.807, 2.05) is 18.2 Å². The lowest BCUT2D eigenvalue weighted by Crippen LogP contribution is -2.44. The van der Waals surface area contributed by atoms with Gasteiger partial charge in [0.25, 0.3) is 23.4 Å². The molecule has 9 rings (SSSR count). The van der Waals surface area contributed by atoms with Gasteiger partial charge in [0.15, 0.2) is 11.0 Å². The van der Waals surface area contributed by atoms with Crippen LogP contribution in [0.15, 0.2) is 131 Å². The summed E-state index contributed by atoms with van der Waals surface area (Å²) in [5.41, 5.74) is 2.01. The highest BCUT2D eigenvalue weighted by Crippen LogP contribution is 2.31. The Balaban J connectivity index is 0.000000165. The van der Waals surface area contributed by atoms with Gasteiger partial charge in [-0.3, -0.25) is 14.4 Å². The van der Waals surface area contributed by atoms with Crippen LogP contribution in [0.5, 0.6) is 5.88 Å². The van der Waals surface area contributed by atoms with Crippen molar-refractivity contribution in [1.82, 2.24) is 28.9 Å². The smallest absolute Gasteiger partial charge is 0.349 e. The predicted octanol–water partition coefficient (Wildman–Crippen LogP) is 10.3. The Morgan fingerprint density at radius 2 is 1.63 bits per heavy atom. The number of thiophene rings is 1. The number of benzene rings is 3. The number of halogens is 6. The maximum absolute atomic E-state index is 14.3. The minimum atomic E-state index is -0.608. The fourth-order valence-electron chi connectivity index (χ4n) is 6.90. The molecule has 0 aliphatic heterocycles. The summed E-state index contributed by atoms with van der Waals surface area (Å²) in [5, 5.41) is 43.8. The molecule has 24 heteroatoms. The van der Waals surface area contributed by atoms with Crippen LogP contribution in [0.1, 0.15) is 52.1 Å². The van der Waals surface area contributed by atoms with E-state index in [1.165, 1.54) is 68.6 Å². The van der Waals surface area contributed by atoms with E-state index in [4.69, 9.17) is 51.7 Å². The van der Waals surface area contributed by atoms with Gasteiger partial charge >= 0.3 is 5.56 Å². The average molecular weight is 1160 g/mol. The highest BCUT2D eigenvalue weighted by atomic mass is 79.9. The van der Waals surface area contributed by atoms with Gasteiger partial charge in [-0.2, -0.15) is 24.4 Å². The Labute approximate surface area is 450 Å². The number of nitriles is 2. The molecule has 16 nitrogen and oxygen atoms in total. The van der Waals surface area contributed by atoms with Crippen LogP contribution >= 0.6 is 85.2 Å². The molecule has 366 valence electrons. The number of nitrogens with one attached hydrogen (secondary N) is 3. The van der Waals surface area contributed by atoms with Crippen LogP contribution in [0.3, 0.4) is 0 Å². The van der Waals surface area contributed by atoms with Crippen LogP contribution in [0.25, 0.3) is 22.6 Å². The molecular weight excluding hydrogens is 1130 g/mol. The van der Waals surface area contributed by atoms with Crippen LogP contribution < -0.4 is 31.2 Å². The van der Waals surface area contributed by atoms with Gasteiger partial charge in [-0.15, -0.1) is 11.3 Å². The molecule has 3 aromatic carbocycles. The van der Waals surface area contributed by atoms with Crippen molar-refractivity contribution >= 4 is 120 Å². The van der Waals surface area contributed by atoms with Crippen molar-refractivity contribution in [2.45, 2.75) is 13.5 Å². The summed E-state index contributed by atoms with van der Waals surface area (Å²) >= 11 is 29.2. The van der Waals surface area contributed by atoms with Gasteiger partial charge in [0, 0.05) is 35.8 Å². The molecule has 3 amide bonds. The number of pyridine rings is 2. The van der Waals surface area contributed by atoms with E-state index in [0.29, 0.717) is 47.7 Å². The molecule has 0 radical (unpaired) electrons. The number of carbonyl (C=O) groups excluding carboxylic acids is 3. The second kappa shape index (κ2) is 23.8. The maximum atomic E-state index is 14.3. The first-order valence-corrected chi connectivity index (χ1v) is 24.7. The molecule has 0 saturated carbocycles. The van der Waals surface area contributed by atoms with E-state index in [0.717, 1.165) is 16.4 Å².